The van der Waals surface area contributed by atoms with Crippen molar-refractivity contribution in [1.29, 1.82) is 0 Å². The number of aromatic amines is 1. The van der Waals surface area contributed by atoms with Crippen molar-refractivity contribution in [2.75, 3.05) is 0 Å². The fourth-order valence-corrected chi connectivity index (χ4v) is 1.58. The molecule has 0 aliphatic carbocycles. The van der Waals surface area contributed by atoms with E-state index in [1.54, 1.807) is 12.4 Å². The summed E-state index contributed by atoms with van der Waals surface area (Å²) in [7, 11) is 0. The summed E-state index contributed by atoms with van der Waals surface area (Å²) in [6, 6.07) is 0. The molecule has 1 heterocycles. The second kappa shape index (κ2) is 9.17. The summed E-state index contributed by atoms with van der Waals surface area (Å²) in [5, 5.41) is 0. The van der Waals surface area contributed by atoms with Gasteiger partial charge in [0.1, 0.15) is 0 Å². The average Bonchev–Trinajstić information content (AvgIpc) is 2.86. The molecule has 0 unspecified atom stereocenters. The summed E-state index contributed by atoms with van der Waals surface area (Å²) < 4.78 is 0. The summed E-state index contributed by atoms with van der Waals surface area (Å²) >= 11 is 5.56. The van der Waals surface area contributed by atoms with Gasteiger partial charge in [-0.15, -0.1) is 0 Å². The van der Waals surface area contributed by atoms with E-state index in [4.69, 9.17) is 11.6 Å². The van der Waals surface area contributed by atoms with Crippen LogP contribution in [-0.4, -0.2) is 9.97 Å². The van der Waals surface area contributed by atoms with Crippen molar-refractivity contribution < 1.29 is 0 Å². The van der Waals surface area contributed by atoms with Gasteiger partial charge in [0.25, 0.3) is 0 Å². The molecule has 0 saturated carbocycles. The Labute approximate surface area is 119 Å². The van der Waals surface area contributed by atoms with E-state index in [0.717, 1.165) is 29.8 Å². The lowest BCUT2D eigenvalue weighted by molar-refractivity contribution is 0.959. The molecule has 3 heteroatoms. The van der Waals surface area contributed by atoms with Crippen LogP contribution in [0.5, 0.6) is 0 Å². The third kappa shape index (κ3) is 5.58. The number of rotatable bonds is 7. The Morgan fingerprint density at radius 3 is 3.00 bits per heavy atom. The zero-order chi connectivity index (χ0) is 13.9. The van der Waals surface area contributed by atoms with Crippen molar-refractivity contribution in [3.8, 4) is 0 Å². The molecule has 0 saturated heterocycles. The zero-order valence-corrected chi connectivity index (χ0v) is 11.9. The molecule has 0 aliphatic rings. The zero-order valence-electron chi connectivity index (χ0n) is 11.1. The van der Waals surface area contributed by atoms with E-state index in [1.165, 1.54) is 5.54 Å². The predicted molar refractivity (Wildman–Crippen MR) is 84.8 cm³/mol. The van der Waals surface area contributed by atoms with Crippen LogP contribution in [0.15, 0.2) is 54.4 Å². The summed E-state index contributed by atoms with van der Waals surface area (Å²) in [5.41, 5.74) is 4.23. The van der Waals surface area contributed by atoms with Gasteiger partial charge < -0.3 is 4.98 Å². The highest BCUT2D eigenvalue weighted by molar-refractivity contribution is 6.27. The lowest BCUT2D eigenvalue weighted by Crippen LogP contribution is -1.78. The molecule has 19 heavy (non-hydrogen) atoms. The van der Waals surface area contributed by atoms with Crippen molar-refractivity contribution in [3.05, 3.63) is 65.8 Å². The van der Waals surface area contributed by atoms with Gasteiger partial charge >= 0.3 is 0 Å². The minimum atomic E-state index is 0.849. The van der Waals surface area contributed by atoms with Crippen LogP contribution < -0.4 is 0 Å². The highest BCUT2D eigenvalue weighted by Crippen LogP contribution is 2.10. The van der Waals surface area contributed by atoms with Gasteiger partial charge in [0.2, 0.25) is 0 Å². The van der Waals surface area contributed by atoms with E-state index in [-0.39, 0.29) is 0 Å². The van der Waals surface area contributed by atoms with Gasteiger partial charge in [0, 0.05) is 5.54 Å². The first kappa shape index (κ1) is 15.3. The Balaban J connectivity index is 2.77. The first-order valence-corrected chi connectivity index (χ1v) is 6.73. The molecule has 1 rings (SSSR count). The Morgan fingerprint density at radius 2 is 2.32 bits per heavy atom. The summed E-state index contributed by atoms with van der Waals surface area (Å²) in [6.07, 6.45) is 17.6. The van der Waals surface area contributed by atoms with Gasteiger partial charge in [0.05, 0.1) is 17.7 Å². The molecule has 0 radical (unpaired) electrons. The standard InChI is InChI=1S/C16H19ClN2/c1-3-5-6-7-8-14(4-2)9-10-15-16(11-12-17)19-13-18-15/h4,6-13H,2-3,5H2,1H3,(H,18,19)/b7-6+,10-9+,12-11+,14-8+. The SMILES string of the molecule is C=CC(/C=C/c1nc[nH]c1/C=C/Cl)=C\C=C\CCC. The van der Waals surface area contributed by atoms with E-state index in [9.17, 15) is 0 Å². The van der Waals surface area contributed by atoms with Crippen LogP contribution in [-0.2, 0) is 0 Å². The topological polar surface area (TPSA) is 28.7 Å². The van der Waals surface area contributed by atoms with E-state index in [1.807, 2.05) is 24.3 Å². The maximum Gasteiger partial charge on any atom is 0.0931 e. The van der Waals surface area contributed by atoms with Crippen LogP contribution in [0, 0.1) is 0 Å². The van der Waals surface area contributed by atoms with Crippen LogP contribution in [0.2, 0.25) is 0 Å². The number of hydrogen-bond acceptors (Lipinski definition) is 1. The summed E-state index contributed by atoms with van der Waals surface area (Å²) in [6.45, 7) is 5.96. The van der Waals surface area contributed by atoms with Crippen LogP contribution in [0.4, 0.5) is 0 Å². The molecular weight excluding hydrogens is 256 g/mol. The molecule has 0 atom stereocenters. The van der Waals surface area contributed by atoms with Crippen LogP contribution in [0.3, 0.4) is 0 Å². The Morgan fingerprint density at radius 1 is 1.47 bits per heavy atom. The summed E-state index contributed by atoms with van der Waals surface area (Å²) in [4.78, 5) is 7.23. The Hall–Kier alpha value is -1.80. The van der Waals surface area contributed by atoms with E-state index < -0.39 is 0 Å². The second-order valence-corrected chi connectivity index (χ2v) is 4.17. The van der Waals surface area contributed by atoms with Gasteiger partial charge in [-0.2, -0.15) is 0 Å². The molecule has 1 N–H and O–H groups in total. The third-order valence-corrected chi connectivity index (χ3v) is 2.60. The number of allylic oxidation sites excluding steroid dienone is 6. The molecule has 0 fully saturated rings. The highest BCUT2D eigenvalue weighted by atomic mass is 35.5. The van der Waals surface area contributed by atoms with Gasteiger partial charge in [-0.25, -0.2) is 4.98 Å². The van der Waals surface area contributed by atoms with Gasteiger partial charge in [0.15, 0.2) is 0 Å². The number of aromatic nitrogens is 2. The fraction of sp³-hybridized carbons (Fsp3) is 0.188. The van der Waals surface area contributed by atoms with Crippen LogP contribution in [0.1, 0.15) is 31.2 Å². The van der Waals surface area contributed by atoms with Crippen molar-refractivity contribution in [3.63, 3.8) is 0 Å². The number of unbranched alkanes of at least 4 members (excludes halogenated alkanes) is 1. The maximum absolute atomic E-state index is 5.56. The molecule has 2 nitrogen and oxygen atoms in total. The maximum atomic E-state index is 5.56. The number of nitrogens with zero attached hydrogens (tertiary/aromatic N) is 1. The highest BCUT2D eigenvalue weighted by Gasteiger charge is 1.97. The molecule has 1 aromatic heterocycles. The average molecular weight is 275 g/mol. The van der Waals surface area contributed by atoms with Crippen LogP contribution >= 0.6 is 11.6 Å². The molecule has 0 bridgehead atoms. The van der Waals surface area contributed by atoms with E-state index in [0.29, 0.717) is 0 Å². The monoisotopic (exact) mass is 274 g/mol. The number of imidazole rings is 1. The third-order valence-electron chi connectivity index (χ3n) is 2.48. The predicted octanol–water partition coefficient (Wildman–Crippen LogP) is 5.10. The lowest BCUT2D eigenvalue weighted by atomic mass is 10.2. The van der Waals surface area contributed by atoms with Gasteiger partial charge in [-0.3, -0.25) is 0 Å². The molecule has 1 aromatic rings. The second-order valence-electron chi connectivity index (χ2n) is 3.92. The van der Waals surface area contributed by atoms with Crippen LogP contribution in [0.25, 0.3) is 12.2 Å². The van der Waals surface area contributed by atoms with E-state index in [2.05, 4.69) is 35.6 Å². The first-order valence-electron chi connectivity index (χ1n) is 6.29. The Kier molecular flexibility index (Phi) is 7.37. The number of H-pyrrole nitrogens is 1. The molecular formula is C16H19ClN2. The molecule has 0 aromatic carbocycles. The molecule has 0 aliphatic heterocycles. The largest absolute Gasteiger partial charge is 0.345 e. The fourth-order valence-electron chi connectivity index (χ4n) is 1.45. The quantitative estimate of drug-likeness (QED) is 0.689. The molecule has 0 amide bonds. The number of halogens is 1. The van der Waals surface area contributed by atoms with E-state index >= 15 is 0 Å². The van der Waals surface area contributed by atoms with Crippen molar-refractivity contribution in [1.82, 2.24) is 9.97 Å². The van der Waals surface area contributed by atoms with Crippen molar-refractivity contribution in [2.45, 2.75) is 19.8 Å². The minimum absolute atomic E-state index is 0.849. The smallest absolute Gasteiger partial charge is 0.0931 e. The van der Waals surface area contributed by atoms with Gasteiger partial charge in [-0.1, -0.05) is 61.9 Å². The van der Waals surface area contributed by atoms with Crippen molar-refractivity contribution in [2.24, 2.45) is 0 Å². The normalized spacial score (nSPS) is 13.1. The summed E-state index contributed by atoms with van der Waals surface area (Å²) in [5.74, 6) is 0. The molecule has 100 valence electrons. The van der Waals surface area contributed by atoms with Crippen molar-refractivity contribution >= 4 is 23.8 Å². The number of nitrogens with one attached hydrogen (secondary N) is 1. The molecule has 0 spiro atoms. The Bertz CT molecular complexity index is 505. The minimum Gasteiger partial charge on any atom is -0.345 e. The number of hydrogen-bond donors (Lipinski definition) is 1. The van der Waals surface area contributed by atoms with Gasteiger partial charge in [-0.05, 0) is 24.1 Å². The lowest BCUT2D eigenvalue weighted by Gasteiger charge is -1.92. The first-order chi connectivity index (χ1) is 9.31.